The van der Waals surface area contributed by atoms with Gasteiger partial charge in [-0.2, -0.15) is 0 Å². The van der Waals surface area contributed by atoms with Crippen molar-refractivity contribution in [1.82, 2.24) is 15.5 Å². The molecular weight excluding hydrogens is 342 g/mol. The van der Waals surface area contributed by atoms with Gasteiger partial charge in [-0.1, -0.05) is 23.7 Å². The Kier molecular flexibility index (Phi) is 6.47. The van der Waals surface area contributed by atoms with Crippen LogP contribution in [0.2, 0.25) is 5.02 Å². The number of amides is 1. The maximum atomic E-state index is 12.0. The fraction of sp³-hybridized carbons (Fsp3) is 0.556. The number of hydrogen-bond donors (Lipinski definition) is 2. The van der Waals surface area contributed by atoms with Crippen LogP contribution in [0.1, 0.15) is 39.2 Å². The summed E-state index contributed by atoms with van der Waals surface area (Å²) >= 11 is 11.3. The van der Waals surface area contributed by atoms with Gasteiger partial charge < -0.3 is 15.5 Å². The summed E-state index contributed by atoms with van der Waals surface area (Å²) in [5.41, 5.74) is 1.19. The SMILES string of the molecule is C[C@@H]1CC(C)(C)NC(=S)N1CCC(=O)NCCc1ccc(Cl)cc1. The molecule has 0 radical (unpaired) electrons. The van der Waals surface area contributed by atoms with E-state index >= 15 is 0 Å². The average molecular weight is 368 g/mol. The number of hydrogen-bond acceptors (Lipinski definition) is 2. The van der Waals surface area contributed by atoms with Crippen molar-refractivity contribution in [2.75, 3.05) is 13.1 Å². The molecule has 132 valence electrons. The largest absolute Gasteiger partial charge is 0.358 e. The van der Waals surface area contributed by atoms with Gasteiger partial charge in [0.15, 0.2) is 5.11 Å². The summed E-state index contributed by atoms with van der Waals surface area (Å²) in [5, 5.41) is 7.78. The molecule has 0 spiro atoms. The van der Waals surface area contributed by atoms with Crippen molar-refractivity contribution in [2.24, 2.45) is 0 Å². The molecule has 0 unspecified atom stereocenters. The summed E-state index contributed by atoms with van der Waals surface area (Å²) in [4.78, 5) is 14.2. The Morgan fingerprint density at radius 2 is 2.08 bits per heavy atom. The minimum atomic E-state index is 0.0217. The summed E-state index contributed by atoms with van der Waals surface area (Å²) in [6, 6.07) is 8.04. The molecule has 1 heterocycles. The molecule has 1 atom stereocenters. The van der Waals surface area contributed by atoms with Crippen LogP contribution in [-0.2, 0) is 11.2 Å². The minimum absolute atomic E-state index is 0.0217. The van der Waals surface area contributed by atoms with E-state index in [0.717, 1.165) is 28.5 Å². The molecule has 0 saturated carbocycles. The number of benzene rings is 1. The minimum Gasteiger partial charge on any atom is -0.358 e. The summed E-state index contributed by atoms with van der Waals surface area (Å²) in [5.74, 6) is 0.0591. The third-order valence-electron chi connectivity index (χ3n) is 4.27. The monoisotopic (exact) mass is 367 g/mol. The molecule has 1 aromatic carbocycles. The number of nitrogens with one attached hydrogen (secondary N) is 2. The highest BCUT2D eigenvalue weighted by molar-refractivity contribution is 7.80. The topological polar surface area (TPSA) is 44.4 Å². The highest BCUT2D eigenvalue weighted by Gasteiger charge is 2.32. The molecule has 2 N–H and O–H groups in total. The maximum absolute atomic E-state index is 12.0. The molecule has 1 amide bonds. The summed E-state index contributed by atoms with van der Waals surface area (Å²) < 4.78 is 0. The second-order valence-electron chi connectivity index (χ2n) is 7.04. The van der Waals surface area contributed by atoms with E-state index in [2.05, 4.69) is 36.3 Å². The van der Waals surface area contributed by atoms with Crippen LogP contribution in [0.3, 0.4) is 0 Å². The summed E-state index contributed by atoms with van der Waals surface area (Å²) in [6.45, 7) is 7.74. The zero-order valence-electron chi connectivity index (χ0n) is 14.6. The molecule has 24 heavy (non-hydrogen) atoms. The standard InChI is InChI=1S/C18H26ClN3OS/c1-13-12-18(2,3)21-17(24)22(13)11-9-16(23)20-10-8-14-4-6-15(19)7-5-14/h4-7,13H,8-12H2,1-3H3,(H,20,23)(H,21,24)/t13-/m1/s1. The van der Waals surface area contributed by atoms with E-state index in [1.807, 2.05) is 24.3 Å². The van der Waals surface area contributed by atoms with E-state index in [1.54, 1.807) is 0 Å². The first kappa shape index (κ1) is 19.0. The maximum Gasteiger partial charge on any atom is 0.221 e. The zero-order valence-corrected chi connectivity index (χ0v) is 16.1. The molecule has 1 saturated heterocycles. The van der Waals surface area contributed by atoms with Gasteiger partial charge in [0.1, 0.15) is 0 Å². The van der Waals surface area contributed by atoms with Gasteiger partial charge in [-0.25, -0.2) is 0 Å². The summed E-state index contributed by atoms with van der Waals surface area (Å²) in [7, 11) is 0. The van der Waals surface area contributed by atoms with E-state index in [-0.39, 0.29) is 11.4 Å². The first-order valence-electron chi connectivity index (χ1n) is 8.37. The first-order chi connectivity index (χ1) is 11.3. The number of rotatable bonds is 6. The predicted octanol–water partition coefficient (Wildman–Crippen LogP) is 3.14. The zero-order chi connectivity index (χ0) is 17.7. The lowest BCUT2D eigenvalue weighted by molar-refractivity contribution is -0.121. The highest BCUT2D eigenvalue weighted by atomic mass is 35.5. The van der Waals surface area contributed by atoms with Gasteiger partial charge in [-0.15, -0.1) is 0 Å². The summed E-state index contributed by atoms with van der Waals surface area (Å²) in [6.07, 6.45) is 2.26. The smallest absolute Gasteiger partial charge is 0.221 e. The van der Waals surface area contributed by atoms with E-state index < -0.39 is 0 Å². The highest BCUT2D eigenvalue weighted by Crippen LogP contribution is 2.22. The predicted molar refractivity (Wildman–Crippen MR) is 103 cm³/mol. The lowest BCUT2D eigenvalue weighted by atomic mass is 9.93. The molecule has 1 aliphatic rings. The van der Waals surface area contributed by atoms with Gasteiger partial charge in [-0.05, 0) is 63.5 Å². The molecule has 0 aliphatic carbocycles. The van der Waals surface area contributed by atoms with Crippen LogP contribution >= 0.6 is 23.8 Å². The lowest BCUT2D eigenvalue weighted by Crippen LogP contribution is -2.60. The average Bonchev–Trinajstić information content (AvgIpc) is 2.47. The third kappa shape index (κ3) is 5.64. The van der Waals surface area contributed by atoms with Crippen LogP contribution in [-0.4, -0.2) is 40.6 Å². The van der Waals surface area contributed by atoms with Gasteiger partial charge in [0.2, 0.25) is 5.91 Å². The quantitative estimate of drug-likeness (QED) is 0.758. The Balaban J connectivity index is 1.71. The molecule has 1 aromatic rings. The Bertz CT molecular complexity index is 588. The van der Waals surface area contributed by atoms with Gasteiger partial charge in [0.25, 0.3) is 0 Å². The van der Waals surface area contributed by atoms with Crippen molar-refractivity contribution in [3.63, 3.8) is 0 Å². The molecule has 6 heteroatoms. The normalized spacial score (nSPS) is 19.8. The van der Waals surface area contributed by atoms with Crippen LogP contribution in [0.15, 0.2) is 24.3 Å². The van der Waals surface area contributed by atoms with Crippen LogP contribution in [0.4, 0.5) is 0 Å². The van der Waals surface area contributed by atoms with Gasteiger partial charge >= 0.3 is 0 Å². The van der Waals surface area contributed by atoms with Crippen molar-refractivity contribution in [3.05, 3.63) is 34.9 Å². The lowest BCUT2D eigenvalue weighted by Gasteiger charge is -2.44. The van der Waals surface area contributed by atoms with Crippen LogP contribution < -0.4 is 10.6 Å². The molecule has 4 nitrogen and oxygen atoms in total. The number of thiocarbonyl (C=S) groups is 1. The van der Waals surface area contributed by atoms with E-state index in [4.69, 9.17) is 23.8 Å². The number of halogens is 1. The van der Waals surface area contributed by atoms with Crippen LogP contribution in [0.25, 0.3) is 0 Å². The molecule has 1 aliphatic heterocycles. The number of carbonyl (C=O) groups is 1. The second kappa shape index (κ2) is 8.17. The van der Waals surface area contributed by atoms with Crippen molar-refractivity contribution in [2.45, 2.75) is 51.6 Å². The number of carbonyl (C=O) groups excluding carboxylic acids is 1. The van der Waals surface area contributed by atoms with E-state index in [1.165, 1.54) is 0 Å². The molecule has 2 rings (SSSR count). The molecular formula is C18H26ClN3OS. The Labute approximate surface area is 154 Å². The van der Waals surface area contributed by atoms with Crippen LogP contribution in [0.5, 0.6) is 0 Å². The van der Waals surface area contributed by atoms with E-state index in [9.17, 15) is 4.79 Å². The van der Waals surface area contributed by atoms with Crippen molar-refractivity contribution < 1.29 is 4.79 Å². The van der Waals surface area contributed by atoms with Crippen molar-refractivity contribution >= 4 is 34.8 Å². The van der Waals surface area contributed by atoms with Gasteiger partial charge in [-0.3, -0.25) is 4.79 Å². The Hall–Kier alpha value is -1.33. The Morgan fingerprint density at radius 1 is 1.42 bits per heavy atom. The fourth-order valence-electron chi connectivity index (χ4n) is 3.09. The second-order valence-corrected chi connectivity index (χ2v) is 7.86. The fourth-order valence-corrected chi connectivity index (χ4v) is 3.76. The molecule has 0 bridgehead atoms. The molecule has 0 aromatic heterocycles. The van der Waals surface area contributed by atoms with Gasteiger partial charge in [0.05, 0.1) is 0 Å². The van der Waals surface area contributed by atoms with Gasteiger partial charge in [0, 0.05) is 36.1 Å². The van der Waals surface area contributed by atoms with Crippen molar-refractivity contribution in [3.8, 4) is 0 Å². The number of nitrogens with zero attached hydrogens (tertiary/aromatic N) is 1. The Morgan fingerprint density at radius 3 is 2.71 bits per heavy atom. The van der Waals surface area contributed by atoms with E-state index in [0.29, 0.717) is 25.6 Å². The molecule has 1 fully saturated rings. The van der Waals surface area contributed by atoms with Crippen LogP contribution in [0, 0.1) is 0 Å². The third-order valence-corrected chi connectivity index (χ3v) is 4.86. The van der Waals surface area contributed by atoms with Crippen molar-refractivity contribution in [1.29, 1.82) is 0 Å². The first-order valence-corrected chi connectivity index (χ1v) is 9.15.